The highest BCUT2D eigenvalue weighted by Crippen LogP contribution is 2.49. The van der Waals surface area contributed by atoms with Crippen molar-refractivity contribution >= 4 is 0 Å². The van der Waals surface area contributed by atoms with E-state index in [1.54, 1.807) is 0 Å². The van der Waals surface area contributed by atoms with Crippen molar-refractivity contribution in [3.8, 4) is 123 Å². The van der Waals surface area contributed by atoms with E-state index < -0.39 is 0 Å². The number of nitrogens with zero attached hydrogens (tertiary/aromatic N) is 3. The lowest BCUT2D eigenvalue weighted by Crippen LogP contribution is -2.01. The molecule has 2 aromatic heterocycles. The first-order chi connectivity index (χ1) is 35.7. The van der Waals surface area contributed by atoms with Gasteiger partial charge < -0.3 is 0 Å². The van der Waals surface area contributed by atoms with E-state index >= 15 is 0 Å². The zero-order chi connectivity index (χ0) is 48.1. The van der Waals surface area contributed by atoms with Crippen LogP contribution in [-0.2, 0) is 0 Å². The molecule has 0 aliphatic rings. The minimum atomic E-state index is 0.677. The zero-order valence-electron chi connectivity index (χ0n) is 39.5. The summed E-state index contributed by atoms with van der Waals surface area (Å²) >= 11 is 0. The summed E-state index contributed by atoms with van der Waals surface area (Å²) < 4.78 is 0. The van der Waals surface area contributed by atoms with Crippen LogP contribution in [0.5, 0.6) is 0 Å². The largest absolute Gasteiger partial charge is 0.246 e. The molecular formula is C69H47N3. The SMILES string of the molecule is c1ccc(-c2ccc(-c3cc(-c4ccc(-c5cccc(-c6c(-c7ccccc7)c(-c7ccccc7)nc(-c7ccccc7)c6-c6ccccc6)c5)cc4)nc(-c4ccc(-c5ccccc5)cc4)n3)cc2)cc1. The lowest BCUT2D eigenvalue weighted by molar-refractivity contribution is 1.18. The minimum Gasteiger partial charge on any atom is -0.246 e. The summed E-state index contributed by atoms with van der Waals surface area (Å²) in [6, 6.07) is 101. The van der Waals surface area contributed by atoms with Gasteiger partial charge in [-0.3, -0.25) is 0 Å². The molecule has 0 fully saturated rings. The quantitative estimate of drug-likeness (QED) is 0.130. The van der Waals surface area contributed by atoms with Crippen molar-refractivity contribution in [1.29, 1.82) is 0 Å². The molecule has 0 atom stereocenters. The van der Waals surface area contributed by atoms with Gasteiger partial charge in [0.25, 0.3) is 0 Å². The first-order valence-corrected chi connectivity index (χ1v) is 24.4. The molecule has 0 saturated carbocycles. The highest BCUT2D eigenvalue weighted by Gasteiger charge is 2.25. The van der Waals surface area contributed by atoms with Crippen molar-refractivity contribution in [2.75, 3.05) is 0 Å². The van der Waals surface area contributed by atoms with E-state index in [-0.39, 0.29) is 0 Å². The fourth-order valence-electron chi connectivity index (χ4n) is 9.72. The normalized spacial score (nSPS) is 11.1. The van der Waals surface area contributed by atoms with Crippen molar-refractivity contribution < 1.29 is 0 Å². The van der Waals surface area contributed by atoms with Gasteiger partial charge in [0.1, 0.15) is 0 Å². The number of hydrogen-bond acceptors (Lipinski definition) is 3. The van der Waals surface area contributed by atoms with Crippen LogP contribution in [0, 0.1) is 0 Å². The van der Waals surface area contributed by atoms with Crippen molar-refractivity contribution in [2.24, 2.45) is 0 Å². The Morgan fingerprint density at radius 3 is 0.861 bits per heavy atom. The van der Waals surface area contributed by atoms with E-state index in [9.17, 15) is 0 Å². The molecule has 0 radical (unpaired) electrons. The van der Waals surface area contributed by atoms with Gasteiger partial charge >= 0.3 is 0 Å². The maximum atomic E-state index is 5.64. The summed E-state index contributed by atoms with van der Waals surface area (Å²) in [7, 11) is 0. The van der Waals surface area contributed by atoms with Gasteiger partial charge in [0, 0.05) is 44.5 Å². The second-order valence-electron chi connectivity index (χ2n) is 17.9. The predicted octanol–water partition coefficient (Wildman–Crippen LogP) is 18.2. The number of aromatic nitrogens is 3. The third-order valence-electron chi connectivity index (χ3n) is 13.3. The van der Waals surface area contributed by atoms with Crippen LogP contribution in [0.2, 0.25) is 0 Å². The lowest BCUT2D eigenvalue weighted by atomic mass is 9.82. The molecule has 3 nitrogen and oxygen atoms in total. The van der Waals surface area contributed by atoms with Crippen LogP contribution in [-0.4, -0.2) is 15.0 Å². The monoisotopic (exact) mass is 917 g/mol. The molecule has 0 saturated heterocycles. The second-order valence-corrected chi connectivity index (χ2v) is 17.9. The molecule has 72 heavy (non-hydrogen) atoms. The van der Waals surface area contributed by atoms with Crippen LogP contribution in [0.15, 0.2) is 285 Å². The van der Waals surface area contributed by atoms with Crippen LogP contribution in [0.3, 0.4) is 0 Å². The van der Waals surface area contributed by atoms with Crippen LogP contribution in [0.4, 0.5) is 0 Å². The fraction of sp³-hybridized carbons (Fsp3) is 0. The van der Waals surface area contributed by atoms with E-state index in [0.717, 1.165) is 106 Å². The summed E-state index contributed by atoms with van der Waals surface area (Å²) in [6.07, 6.45) is 0. The Hall–Kier alpha value is -9.57. The molecular weight excluding hydrogens is 871 g/mol. The van der Waals surface area contributed by atoms with Gasteiger partial charge in [-0.15, -0.1) is 0 Å². The minimum absolute atomic E-state index is 0.677. The highest BCUT2D eigenvalue weighted by atomic mass is 14.9. The van der Waals surface area contributed by atoms with Gasteiger partial charge in [-0.2, -0.15) is 0 Å². The molecule has 10 aromatic carbocycles. The van der Waals surface area contributed by atoms with Crippen molar-refractivity contribution in [3.05, 3.63) is 285 Å². The van der Waals surface area contributed by atoms with Crippen molar-refractivity contribution in [2.45, 2.75) is 0 Å². The fourth-order valence-corrected chi connectivity index (χ4v) is 9.72. The predicted molar refractivity (Wildman–Crippen MR) is 300 cm³/mol. The van der Waals surface area contributed by atoms with E-state index in [1.807, 2.05) is 12.1 Å². The highest BCUT2D eigenvalue weighted by molar-refractivity contribution is 6.05. The molecule has 2 heterocycles. The van der Waals surface area contributed by atoms with E-state index in [1.165, 1.54) is 11.1 Å². The molecule has 0 spiro atoms. The summed E-state index contributed by atoms with van der Waals surface area (Å²) in [5.41, 5.74) is 22.2. The first-order valence-electron chi connectivity index (χ1n) is 24.4. The molecule has 338 valence electrons. The topological polar surface area (TPSA) is 38.7 Å². The molecule has 0 unspecified atom stereocenters. The van der Waals surface area contributed by atoms with Crippen molar-refractivity contribution in [3.63, 3.8) is 0 Å². The van der Waals surface area contributed by atoms with E-state index in [4.69, 9.17) is 15.0 Å². The molecule has 0 N–H and O–H groups in total. The molecule has 0 bridgehead atoms. The summed E-state index contributed by atoms with van der Waals surface area (Å²) in [4.78, 5) is 16.1. The van der Waals surface area contributed by atoms with Gasteiger partial charge in [-0.1, -0.05) is 273 Å². The summed E-state index contributed by atoms with van der Waals surface area (Å²) in [6.45, 7) is 0. The zero-order valence-corrected chi connectivity index (χ0v) is 39.5. The van der Waals surface area contributed by atoms with E-state index in [2.05, 4.69) is 273 Å². The Labute approximate surface area is 421 Å². The van der Waals surface area contributed by atoms with Crippen molar-refractivity contribution in [1.82, 2.24) is 15.0 Å². The molecule has 0 aliphatic carbocycles. The van der Waals surface area contributed by atoms with Gasteiger partial charge in [-0.05, 0) is 62.2 Å². The number of benzene rings is 10. The molecule has 3 heteroatoms. The Balaban J connectivity index is 0.981. The average Bonchev–Trinajstić information content (AvgIpc) is 3.48. The second kappa shape index (κ2) is 19.8. The number of rotatable bonds is 11. The van der Waals surface area contributed by atoms with Crippen LogP contribution >= 0.6 is 0 Å². The number of hydrogen-bond donors (Lipinski definition) is 0. The van der Waals surface area contributed by atoms with Gasteiger partial charge in [0.05, 0.1) is 22.8 Å². The maximum absolute atomic E-state index is 5.64. The van der Waals surface area contributed by atoms with Gasteiger partial charge in [0.15, 0.2) is 5.82 Å². The lowest BCUT2D eigenvalue weighted by Gasteiger charge is -2.23. The van der Waals surface area contributed by atoms with Crippen LogP contribution in [0.25, 0.3) is 123 Å². The number of pyridine rings is 1. The van der Waals surface area contributed by atoms with E-state index in [0.29, 0.717) is 5.82 Å². The maximum Gasteiger partial charge on any atom is 0.160 e. The average molecular weight is 918 g/mol. The van der Waals surface area contributed by atoms with Gasteiger partial charge in [-0.25, -0.2) is 15.0 Å². The molecule has 0 aliphatic heterocycles. The Bertz CT molecular complexity index is 3570. The van der Waals surface area contributed by atoms with Crippen LogP contribution < -0.4 is 0 Å². The summed E-state index contributed by atoms with van der Waals surface area (Å²) in [5.74, 6) is 0.677. The Kier molecular flexibility index (Phi) is 12.0. The Morgan fingerprint density at radius 2 is 0.458 bits per heavy atom. The third kappa shape index (κ3) is 8.95. The molecule has 12 rings (SSSR count). The smallest absolute Gasteiger partial charge is 0.160 e. The molecule has 12 aromatic rings. The summed E-state index contributed by atoms with van der Waals surface area (Å²) in [5, 5.41) is 0. The van der Waals surface area contributed by atoms with Crippen LogP contribution in [0.1, 0.15) is 0 Å². The molecule has 0 amide bonds. The third-order valence-corrected chi connectivity index (χ3v) is 13.3. The first kappa shape index (κ1) is 43.7. The standard InChI is InChI=1S/C69H47N3/c1-7-20-48(21-8-1)50-34-40-53(41-35-50)62-47-63(71-69(70-62)59-44-38-51(39-45-59)49-22-9-2-10-23-49)54-42-36-52(37-43-54)60-32-19-33-61(46-60)64-65(55-24-11-3-12-25-55)67(57-28-15-5-16-29-57)72-68(58-30-17-6-18-31-58)66(64)56-26-13-4-14-27-56/h1-47H. The Morgan fingerprint density at radius 1 is 0.167 bits per heavy atom. The van der Waals surface area contributed by atoms with Gasteiger partial charge in [0.2, 0.25) is 0 Å².